The van der Waals surface area contributed by atoms with Gasteiger partial charge in [0.1, 0.15) is 67.1 Å². The molecule has 4 saturated heterocycles. The molecule has 66 heavy (non-hydrogen) atoms. The third-order valence-corrected chi connectivity index (χ3v) is 19.7. The Kier molecular flexibility index (Phi) is 12.9. The quantitative estimate of drug-likeness (QED) is 0.112. The van der Waals surface area contributed by atoms with Gasteiger partial charge in [0.25, 0.3) is 0 Å². The number of aliphatic hydroxyl groups excluding tert-OH is 11. The van der Waals surface area contributed by atoms with Crippen molar-refractivity contribution in [3.63, 3.8) is 0 Å². The van der Waals surface area contributed by atoms with Crippen molar-refractivity contribution in [3.8, 4) is 0 Å². The van der Waals surface area contributed by atoms with Crippen molar-refractivity contribution < 1.29 is 94.4 Å². The fraction of sp³-hybridized carbons (Fsp3) is 1.00. The van der Waals surface area contributed by atoms with Gasteiger partial charge in [-0.1, -0.05) is 27.7 Å². The van der Waals surface area contributed by atoms with E-state index < -0.39 is 140 Å². The monoisotopic (exact) mass is 947 g/mol. The summed E-state index contributed by atoms with van der Waals surface area (Å²) in [5, 5.41) is 130. The van der Waals surface area contributed by atoms with Crippen LogP contribution in [0.25, 0.3) is 0 Å². The molecule has 2 spiro atoms. The summed E-state index contributed by atoms with van der Waals surface area (Å²) in [7, 11) is 0. The maximum absolute atomic E-state index is 12.3. The van der Waals surface area contributed by atoms with E-state index in [9.17, 15) is 61.3 Å². The number of hydrogen-bond acceptors (Lipinski definition) is 19. The maximum Gasteiger partial charge on any atom is 0.187 e. The molecule has 26 atom stereocenters. The van der Waals surface area contributed by atoms with Gasteiger partial charge in [-0.15, -0.1) is 0 Å². The van der Waals surface area contributed by atoms with Crippen molar-refractivity contribution >= 4 is 0 Å². The fourth-order valence-corrected chi connectivity index (χ4v) is 16.3. The molecule has 4 heterocycles. The van der Waals surface area contributed by atoms with Crippen LogP contribution in [0.3, 0.4) is 0 Å². The first-order valence-corrected chi connectivity index (χ1v) is 24.4. The normalized spacial score (nSPS) is 58.0. The van der Waals surface area contributed by atoms with Crippen LogP contribution < -0.4 is 0 Å². The average molecular weight is 947 g/mol. The lowest BCUT2D eigenvalue weighted by molar-refractivity contribution is -0.369. The molecule has 9 fully saturated rings. The van der Waals surface area contributed by atoms with Crippen molar-refractivity contribution in [2.24, 2.45) is 44.8 Å². The molecular weight excluding hydrogens is 868 g/mol. The summed E-state index contributed by atoms with van der Waals surface area (Å²) in [5.74, 6) is -0.484. The zero-order chi connectivity index (χ0) is 48.1. The molecule has 9 rings (SSSR count). The van der Waals surface area contributed by atoms with Gasteiger partial charge in [0.05, 0.1) is 55.4 Å². The molecule has 0 bridgehead atoms. The van der Waals surface area contributed by atoms with Gasteiger partial charge in [0.15, 0.2) is 18.9 Å². The van der Waals surface area contributed by atoms with Crippen LogP contribution in [0.15, 0.2) is 0 Å². The van der Waals surface area contributed by atoms with Gasteiger partial charge in [-0.05, 0) is 117 Å². The van der Waals surface area contributed by atoms with E-state index in [1.54, 1.807) is 13.8 Å². The van der Waals surface area contributed by atoms with E-state index >= 15 is 0 Å². The highest BCUT2D eigenvalue weighted by Gasteiger charge is 2.85. The van der Waals surface area contributed by atoms with Gasteiger partial charge in [-0.3, -0.25) is 0 Å². The van der Waals surface area contributed by atoms with Crippen molar-refractivity contribution in [3.05, 3.63) is 0 Å². The Balaban J connectivity index is 1.04. The molecule has 4 aliphatic heterocycles. The van der Waals surface area contributed by atoms with E-state index in [1.807, 2.05) is 0 Å². The van der Waals surface area contributed by atoms with Crippen molar-refractivity contribution in [2.45, 2.75) is 228 Å². The van der Waals surface area contributed by atoms with Crippen LogP contribution in [-0.2, 0) is 33.2 Å². The highest BCUT2D eigenvalue weighted by Crippen LogP contribution is 2.89. The first-order chi connectivity index (χ1) is 30.7. The number of hydrogen-bond donors (Lipinski definition) is 12. The van der Waals surface area contributed by atoms with E-state index in [2.05, 4.69) is 34.6 Å². The molecule has 380 valence electrons. The summed E-state index contributed by atoms with van der Waals surface area (Å²) >= 11 is 0. The molecule has 5 aliphatic carbocycles. The molecule has 12 N–H and O–H groups in total. The Morgan fingerprint density at radius 3 is 1.79 bits per heavy atom. The first kappa shape index (κ1) is 50.2. The van der Waals surface area contributed by atoms with Crippen molar-refractivity contribution in [2.75, 3.05) is 19.8 Å². The fourth-order valence-electron chi connectivity index (χ4n) is 16.3. The van der Waals surface area contributed by atoms with Crippen LogP contribution >= 0.6 is 0 Å². The van der Waals surface area contributed by atoms with Crippen LogP contribution in [0.5, 0.6) is 0 Å². The first-order valence-electron chi connectivity index (χ1n) is 24.4. The number of ether oxygens (including phenoxy) is 7. The zero-order valence-electron chi connectivity index (χ0n) is 39.3. The molecule has 19 heteroatoms. The lowest BCUT2D eigenvalue weighted by Gasteiger charge is -2.65. The minimum Gasteiger partial charge on any atom is -0.394 e. The molecule has 0 aromatic heterocycles. The second-order valence-corrected chi connectivity index (χ2v) is 23.9. The predicted molar refractivity (Wildman–Crippen MR) is 226 cm³/mol. The molecule has 5 saturated carbocycles. The largest absolute Gasteiger partial charge is 0.394 e. The molecule has 0 aromatic rings. The Morgan fingerprint density at radius 2 is 1.21 bits per heavy atom. The van der Waals surface area contributed by atoms with Gasteiger partial charge in [-0.25, -0.2) is 0 Å². The smallest absolute Gasteiger partial charge is 0.187 e. The predicted octanol–water partition coefficient (Wildman–Crippen LogP) is -1.45. The Bertz CT molecular complexity index is 1760. The molecule has 0 radical (unpaired) electrons. The number of rotatable bonds is 10. The van der Waals surface area contributed by atoms with Gasteiger partial charge in [-0.2, -0.15) is 0 Å². The zero-order valence-corrected chi connectivity index (χ0v) is 39.3. The SMILES string of the molecule is CC(C)(O)C1CC[C@](C)(C2[C@@H](O)C[C@@]3(C)C4C[C@H](OC5O[C@H](CO)[C@@H](O)[C@H](O)[C@H]5O)C5C(C)(C)[C@@H](OC6OC[C@@H](O)[C@H](O)[C@H]6OC6O[C@H](CO)[C@@H](O)[C@H](O)[C@H]6O)CCC56CC46CC[C@]23C)O1. The molecule has 0 aromatic carbocycles. The van der Waals surface area contributed by atoms with E-state index in [-0.39, 0.29) is 46.7 Å². The van der Waals surface area contributed by atoms with Crippen LogP contribution in [0.2, 0.25) is 0 Å². The minimum atomic E-state index is -1.80. The summed E-state index contributed by atoms with van der Waals surface area (Å²) in [6, 6.07) is 0. The van der Waals surface area contributed by atoms with E-state index in [4.69, 9.17) is 33.2 Å². The van der Waals surface area contributed by atoms with Crippen molar-refractivity contribution in [1.29, 1.82) is 0 Å². The van der Waals surface area contributed by atoms with Crippen LogP contribution in [0, 0.1) is 44.8 Å². The summed E-state index contributed by atoms with van der Waals surface area (Å²) < 4.78 is 44.3. The highest BCUT2D eigenvalue weighted by molar-refractivity contribution is 5.33. The Morgan fingerprint density at radius 1 is 0.606 bits per heavy atom. The van der Waals surface area contributed by atoms with E-state index in [0.29, 0.717) is 38.5 Å². The van der Waals surface area contributed by atoms with Crippen LogP contribution in [0.1, 0.15) is 106 Å². The lowest BCUT2D eigenvalue weighted by Crippen LogP contribution is -2.66. The molecule has 9 unspecified atom stereocenters. The highest BCUT2D eigenvalue weighted by atomic mass is 16.8. The van der Waals surface area contributed by atoms with Gasteiger partial charge >= 0.3 is 0 Å². The number of aliphatic hydroxyl groups is 12. The summed E-state index contributed by atoms with van der Waals surface area (Å²) in [4.78, 5) is 0. The third-order valence-electron chi connectivity index (χ3n) is 19.7. The third kappa shape index (κ3) is 7.30. The molecule has 9 aliphatic rings. The van der Waals surface area contributed by atoms with Gasteiger partial charge < -0.3 is 94.4 Å². The van der Waals surface area contributed by atoms with Crippen LogP contribution in [0.4, 0.5) is 0 Å². The summed E-state index contributed by atoms with van der Waals surface area (Å²) in [6.07, 6.45) is -17.6. The van der Waals surface area contributed by atoms with Gasteiger partial charge in [0.2, 0.25) is 0 Å². The van der Waals surface area contributed by atoms with Gasteiger partial charge in [0, 0.05) is 5.92 Å². The lowest BCUT2D eigenvalue weighted by atomic mass is 9.41. The molecular formula is C47H78O19. The molecule has 0 amide bonds. The summed E-state index contributed by atoms with van der Waals surface area (Å²) in [6.45, 7) is 12.7. The maximum atomic E-state index is 12.3. The van der Waals surface area contributed by atoms with E-state index in [0.717, 1.165) is 19.3 Å². The van der Waals surface area contributed by atoms with Crippen molar-refractivity contribution in [1.82, 2.24) is 0 Å². The minimum absolute atomic E-state index is 0.0208. The molecule has 19 nitrogen and oxygen atoms in total. The standard InChI is InChI=1S/C47H78O19/c1-41(2)26(64-40-35(28(52)21(51)18-60-40)65-39-34(58)32(56)30(54)24(17-49)63-39)9-11-47-19-46(47)13-12-43(5)36(45(7)10-8-27(66-45)42(3,4)59)20(50)15-44(43,6)25(46)14-22(37(41)47)61-38-33(57)31(55)29(53)23(16-48)62-38/h20-40,48-59H,8-19H2,1-7H3/t20-,21+,22-,23+,24+,25?,26-,27?,28-,29+,30+,31-,32-,33+,34+,35+,36?,37?,38?,39?,40?,43+,44-,45+,46?,47?/m0/s1. The second-order valence-electron chi connectivity index (χ2n) is 23.9. The Labute approximate surface area is 386 Å². The second kappa shape index (κ2) is 16.9. The van der Waals surface area contributed by atoms with E-state index in [1.165, 1.54) is 0 Å². The average Bonchev–Trinajstić information content (AvgIpc) is 3.62. The number of fused-ring (bicyclic) bond motifs is 2. The summed E-state index contributed by atoms with van der Waals surface area (Å²) in [5.41, 5.74) is -3.78. The topological polar surface area (TPSA) is 307 Å². The Hall–Kier alpha value is -0.760. The van der Waals surface area contributed by atoms with Crippen LogP contribution in [-0.4, -0.2) is 203 Å².